The summed E-state index contributed by atoms with van der Waals surface area (Å²) < 4.78 is 20.9. The van der Waals surface area contributed by atoms with Gasteiger partial charge in [0.15, 0.2) is 0 Å². The van der Waals surface area contributed by atoms with Crippen LogP contribution in [0.25, 0.3) is 0 Å². The van der Waals surface area contributed by atoms with Gasteiger partial charge in [0.05, 0.1) is 26.4 Å². The maximum atomic E-state index is 11.4. The number of carbonyl (C=O) groups excluding carboxylic acids is 1. The Bertz CT molecular complexity index is 511. The quantitative estimate of drug-likeness (QED) is 0.335. The standard InChI is InChI=1S/C17H22O5/c1-19-13-21-11-17(9-14-6-4-3-5-7-14)10-15(22-12-17)8-16(18)20-2/h3-8H,9-13H2,1-2H3/b15-8+. The van der Waals surface area contributed by atoms with Gasteiger partial charge in [-0.05, 0) is 12.0 Å². The summed E-state index contributed by atoms with van der Waals surface area (Å²) >= 11 is 0. The summed E-state index contributed by atoms with van der Waals surface area (Å²) in [6.07, 6.45) is 2.86. The van der Waals surface area contributed by atoms with Gasteiger partial charge >= 0.3 is 5.97 Å². The van der Waals surface area contributed by atoms with Gasteiger partial charge in [0.2, 0.25) is 0 Å². The maximum absolute atomic E-state index is 11.4. The minimum Gasteiger partial charge on any atom is -0.497 e. The molecule has 2 rings (SSSR count). The van der Waals surface area contributed by atoms with Gasteiger partial charge in [0, 0.05) is 18.9 Å². The first-order chi connectivity index (χ1) is 10.7. The van der Waals surface area contributed by atoms with Crippen molar-refractivity contribution in [2.75, 3.05) is 34.2 Å². The Morgan fingerprint density at radius 2 is 2.09 bits per heavy atom. The van der Waals surface area contributed by atoms with Crippen molar-refractivity contribution in [1.82, 2.24) is 0 Å². The van der Waals surface area contributed by atoms with Gasteiger partial charge in [-0.1, -0.05) is 30.3 Å². The van der Waals surface area contributed by atoms with Gasteiger partial charge in [-0.3, -0.25) is 0 Å². The number of ether oxygens (including phenoxy) is 4. The van der Waals surface area contributed by atoms with Crippen molar-refractivity contribution in [3.05, 3.63) is 47.7 Å². The fraction of sp³-hybridized carbons (Fsp3) is 0.471. The summed E-state index contributed by atoms with van der Waals surface area (Å²) in [5.41, 5.74) is 1.02. The molecule has 1 fully saturated rings. The first-order valence-corrected chi connectivity index (χ1v) is 7.19. The van der Waals surface area contributed by atoms with E-state index in [1.165, 1.54) is 18.7 Å². The third-order valence-corrected chi connectivity index (χ3v) is 3.62. The highest BCUT2D eigenvalue weighted by Crippen LogP contribution is 2.38. The highest BCUT2D eigenvalue weighted by molar-refractivity contribution is 5.82. The summed E-state index contributed by atoms with van der Waals surface area (Å²) in [7, 11) is 2.95. The number of hydrogen-bond donors (Lipinski definition) is 0. The average molecular weight is 306 g/mol. The van der Waals surface area contributed by atoms with Crippen LogP contribution in [0.5, 0.6) is 0 Å². The van der Waals surface area contributed by atoms with Crippen LogP contribution < -0.4 is 0 Å². The van der Waals surface area contributed by atoms with E-state index in [4.69, 9.17) is 14.2 Å². The van der Waals surface area contributed by atoms with Crippen LogP contribution in [-0.4, -0.2) is 40.2 Å². The number of methoxy groups -OCH3 is 2. The lowest BCUT2D eigenvalue weighted by Gasteiger charge is -2.26. The van der Waals surface area contributed by atoms with Crippen molar-refractivity contribution >= 4 is 5.97 Å². The molecule has 1 aliphatic rings. The molecule has 0 N–H and O–H groups in total. The number of rotatable bonds is 7. The van der Waals surface area contributed by atoms with Crippen LogP contribution in [-0.2, 0) is 30.2 Å². The molecule has 0 bridgehead atoms. The highest BCUT2D eigenvalue weighted by atomic mass is 16.7. The van der Waals surface area contributed by atoms with Gasteiger partial charge < -0.3 is 18.9 Å². The topological polar surface area (TPSA) is 54.0 Å². The molecular formula is C17H22O5. The van der Waals surface area contributed by atoms with E-state index in [0.29, 0.717) is 25.4 Å². The molecule has 0 aromatic heterocycles. The predicted molar refractivity (Wildman–Crippen MR) is 81.1 cm³/mol. The van der Waals surface area contributed by atoms with Crippen molar-refractivity contribution < 1.29 is 23.7 Å². The average Bonchev–Trinajstić information content (AvgIpc) is 2.91. The third kappa shape index (κ3) is 4.58. The van der Waals surface area contributed by atoms with E-state index in [-0.39, 0.29) is 12.2 Å². The molecule has 1 heterocycles. The van der Waals surface area contributed by atoms with Crippen LogP contribution in [0.3, 0.4) is 0 Å². The minimum absolute atomic E-state index is 0.195. The summed E-state index contributed by atoms with van der Waals surface area (Å²) in [5, 5.41) is 0. The van der Waals surface area contributed by atoms with Crippen molar-refractivity contribution in [2.24, 2.45) is 5.41 Å². The summed E-state index contributed by atoms with van der Waals surface area (Å²) in [5.74, 6) is 0.243. The fourth-order valence-electron chi connectivity index (χ4n) is 2.63. The zero-order valence-electron chi connectivity index (χ0n) is 13.0. The lowest BCUT2D eigenvalue weighted by molar-refractivity contribution is -0.135. The molecule has 1 unspecified atom stereocenters. The molecule has 0 radical (unpaired) electrons. The smallest absolute Gasteiger partial charge is 0.333 e. The van der Waals surface area contributed by atoms with Crippen molar-refractivity contribution in [3.8, 4) is 0 Å². The zero-order chi connectivity index (χ0) is 15.8. The second kappa shape index (κ2) is 7.96. The molecule has 0 spiro atoms. The van der Waals surface area contributed by atoms with Gasteiger partial charge in [-0.2, -0.15) is 0 Å². The first-order valence-electron chi connectivity index (χ1n) is 7.19. The van der Waals surface area contributed by atoms with E-state index >= 15 is 0 Å². The molecule has 0 amide bonds. The Hall–Kier alpha value is -1.85. The molecule has 1 saturated heterocycles. The number of esters is 1. The van der Waals surface area contributed by atoms with Gasteiger partial charge in [0.25, 0.3) is 0 Å². The molecule has 1 aromatic carbocycles. The van der Waals surface area contributed by atoms with Gasteiger partial charge in [0.1, 0.15) is 12.6 Å². The van der Waals surface area contributed by atoms with Gasteiger partial charge in [-0.25, -0.2) is 4.79 Å². The largest absolute Gasteiger partial charge is 0.497 e. The van der Waals surface area contributed by atoms with Crippen molar-refractivity contribution in [3.63, 3.8) is 0 Å². The van der Waals surface area contributed by atoms with Gasteiger partial charge in [-0.15, -0.1) is 0 Å². The van der Waals surface area contributed by atoms with Crippen LogP contribution in [0.2, 0.25) is 0 Å². The molecule has 22 heavy (non-hydrogen) atoms. The fourth-order valence-corrected chi connectivity index (χ4v) is 2.63. The monoisotopic (exact) mass is 306 g/mol. The molecule has 0 aliphatic carbocycles. The Morgan fingerprint density at radius 1 is 1.32 bits per heavy atom. The molecule has 120 valence electrons. The lowest BCUT2D eigenvalue weighted by atomic mass is 9.81. The van der Waals surface area contributed by atoms with Crippen LogP contribution >= 0.6 is 0 Å². The predicted octanol–water partition coefficient (Wildman–Crippen LogP) is 2.31. The first kappa shape index (κ1) is 16.5. The van der Waals surface area contributed by atoms with E-state index in [2.05, 4.69) is 16.9 Å². The number of carbonyl (C=O) groups is 1. The second-order valence-corrected chi connectivity index (χ2v) is 5.52. The molecule has 1 aliphatic heterocycles. The normalized spacial score (nSPS) is 22.5. The lowest BCUT2D eigenvalue weighted by Crippen LogP contribution is -2.30. The number of benzene rings is 1. The van der Waals surface area contributed by atoms with Crippen LogP contribution in [0.4, 0.5) is 0 Å². The highest BCUT2D eigenvalue weighted by Gasteiger charge is 2.39. The third-order valence-electron chi connectivity index (χ3n) is 3.62. The number of hydrogen-bond acceptors (Lipinski definition) is 5. The molecule has 5 nitrogen and oxygen atoms in total. The van der Waals surface area contributed by atoms with E-state index in [9.17, 15) is 4.79 Å². The molecular weight excluding hydrogens is 284 g/mol. The Balaban J connectivity index is 2.10. The summed E-state index contributed by atoms with van der Waals surface area (Å²) in [6.45, 7) is 1.26. The maximum Gasteiger partial charge on any atom is 0.333 e. The van der Waals surface area contributed by atoms with E-state index in [0.717, 1.165) is 6.42 Å². The second-order valence-electron chi connectivity index (χ2n) is 5.52. The van der Waals surface area contributed by atoms with Crippen molar-refractivity contribution in [1.29, 1.82) is 0 Å². The van der Waals surface area contributed by atoms with Crippen LogP contribution in [0, 0.1) is 5.41 Å². The SMILES string of the molecule is COCOCC1(Cc2ccccc2)CO/C(=C/C(=O)OC)C1. The van der Waals surface area contributed by atoms with Crippen molar-refractivity contribution in [2.45, 2.75) is 12.8 Å². The number of allylic oxidation sites excluding steroid dienone is 1. The molecule has 5 heteroatoms. The van der Waals surface area contributed by atoms with E-state index in [1.54, 1.807) is 7.11 Å². The Labute approximate surface area is 130 Å². The van der Waals surface area contributed by atoms with Crippen LogP contribution in [0.1, 0.15) is 12.0 Å². The summed E-state index contributed by atoms with van der Waals surface area (Å²) in [6, 6.07) is 10.2. The summed E-state index contributed by atoms with van der Waals surface area (Å²) in [4.78, 5) is 11.4. The molecule has 0 saturated carbocycles. The molecule has 1 atom stereocenters. The van der Waals surface area contributed by atoms with E-state index in [1.807, 2.05) is 18.2 Å². The molecule has 1 aromatic rings. The Kier molecular flexibility index (Phi) is 5.98. The Morgan fingerprint density at radius 3 is 2.77 bits per heavy atom. The van der Waals surface area contributed by atoms with E-state index < -0.39 is 5.97 Å². The van der Waals surface area contributed by atoms with Crippen LogP contribution in [0.15, 0.2) is 42.2 Å². The minimum atomic E-state index is -0.400. The zero-order valence-corrected chi connectivity index (χ0v) is 13.0.